The van der Waals surface area contributed by atoms with E-state index in [4.69, 9.17) is 0 Å². The second-order valence-electron chi connectivity index (χ2n) is 6.41. The Kier molecular flexibility index (Phi) is 5.92. The highest BCUT2D eigenvalue weighted by Gasteiger charge is 2.11. The predicted molar refractivity (Wildman–Crippen MR) is 105 cm³/mol. The van der Waals surface area contributed by atoms with Gasteiger partial charge in [-0.3, -0.25) is 9.59 Å². The average molecular weight is 335 g/mol. The Bertz CT molecular complexity index is 900. The number of allylic oxidation sites excluding steroid dienone is 3. The number of rotatable bonds is 6. The quantitative estimate of drug-likeness (QED) is 0.557. The third kappa shape index (κ3) is 4.44. The minimum absolute atomic E-state index is 0.202. The van der Waals surface area contributed by atoms with E-state index in [1.807, 2.05) is 42.7 Å². The van der Waals surface area contributed by atoms with Gasteiger partial charge in [0.15, 0.2) is 11.2 Å². The van der Waals surface area contributed by atoms with Gasteiger partial charge in [-0.1, -0.05) is 43.3 Å². The third-order valence-corrected chi connectivity index (χ3v) is 4.16. The summed E-state index contributed by atoms with van der Waals surface area (Å²) in [5, 5.41) is 0. The Balaban J connectivity index is 2.48. The van der Waals surface area contributed by atoms with Crippen LogP contribution in [0.2, 0.25) is 0 Å². The van der Waals surface area contributed by atoms with Gasteiger partial charge in [0, 0.05) is 24.5 Å². The van der Waals surface area contributed by atoms with Gasteiger partial charge in [-0.05, 0) is 50.0 Å². The summed E-state index contributed by atoms with van der Waals surface area (Å²) in [7, 11) is 0. The lowest BCUT2D eigenvalue weighted by atomic mass is 10.0. The van der Waals surface area contributed by atoms with Crippen LogP contribution >= 0.6 is 0 Å². The molecular weight excluding hydrogens is 310 g/mol. The smallest absolute Gasteiger partial charge is 0.192 e. The molecule has 1 aromatic carbocycles. The molecule has 3 heteroatoms. The maximum Gasteiger partial charge on any atom is 0.192 e. The van der Waals surface area contributed by atoms with Crippen LogP contribution in [0.3, 0.4) is 0 Å². The van der Waals surface area contributed by atoms with E-state index >= 15 is 0 Å². The number of hydrogen-bond donors (Lipinski definition) is 0. The van der Waals surface area contributed by atoms with E-state index in [0.29, 0.717) is 0 Å². The van der Waals surface area contributed by atoms with Gasteiger partial charge in [-0.15, -0.1) is 0 Å². The van der Waals surface area contributed by atoms with Gasteiger partial charge in [0.2, 0.25) is 0 Å². The molecule has 130 valence electrons. The number of hydrogen-bond acceptors (Lipinski definition) is 2. The maximum absolute atomic E-state index is 12.3. The molecule has 0 aliphatic rings. The molecule has 0 saturated carbocycles. The molecule has 2 aromatic rings. The van der Waals surface area contributed by atoms with Crippen molar-refractivity contribution in [3.63, 3.8) is 0 Å². The summed E-state index contributed by atoms with van der Waals surface area (Å²) >= 11 is 0. The molecule has 1 aromatic heterocycles. The highest BCUT2D eigenvalue weighted by atomic mass is 16.1. The van der Waals surface area contributed by atoms with E-state index in [0.717, 1.165) is 35.4 Å². The van der Waals surface area contributed by atoms with Gasteiger partial charge >= 0.3 is 0 Å². The largest absolute Gasteiger partial charge is 0.347 e. The third-order valence-electron chi connectivity index (χ3n) is 4.16. The van der Waals surface area contributed by atoms with Gasteiger partial charge in [0.25, 0.3) is 0 Å². The second-order valence-corrected chi connectivity index (χ2v) is 6.41. The normalized spacial score (nSPS) is 11.4. The first kappa shape index (κ1) is 18.7. The van der Waals surface area contributed by atoms with Crippen molar-refractivity contribution < 1.29 is 4.79 Å². The van der Waals surface area contributed by atoms with Crippen molar-refractivity contribution in [3.8, 4) is 0 Å². The number of aryl methyl sites for hydroxylation is 2. The zero-order valence-corrected chi connectivity index (χ0v) is 15.4. The first-order valence-corrected chi connectivity index (χ1v) is 8.53. The number of aromatic nitrogens is 1. The fourth-order valence-corrected chi connectivity index (χ4v) is 2.87. The lowest BCUT2D eigenvalue weighted by molar-refractivity contribution is 0.101. The molecule has 0 bridgehead atoms. The summed E-state index contributed by atoms with van der Waals surface area (Å²) in [6, 6.07) is 9.73. The highest BCUT2D eigenvalue weighted by molar-refractivity contribution is 5.94. The van der Waals surface area contributed by atoms with Gasteiger partial charge in [0.05, 0.1) is 5.56 Å². The van der Waals surface area contributed by atoms with E-state index in [-0.39, 0.29) is 16.8 Å². The van der Waals surface area contributed by atoms with E-state index in [2.05, 4.69) is 19.6 Å². The Morgan fingerprint density at radius 1 is 1.24 bits per heavy atom. The van der Waals surface area contributed by atoms with Crippen LogP contribution in [0.25, 0.3) is 11.1 Å². The first-order chi connectivity index (χ1) is 11.8. The van der Waals surface area contributed by atoms with Crippen LogP contribution in [0, 0.1) is 6.92 Å². The van der Waals surface area contributed by atoms with Gasteiger partial charge in [-0.25, -0.2) is 0 Å². The van der Waals surface area contributed by atoms with Gasteiger partial charge in [0.1, 0.15) is 0 Å². The number of carbonyl (C=O) groups is 1. The van der Waals surface area contributed by atoms with E-state index in [1.54, 1.807) is 12.3 Å². The molecule has 1 heterocycles. The minimum atomic E-state index is -0.233. The molecule has 0 radical (unpaired) electrons. The fourth-order valence-electron chi connectivity index (χ4n) is 2.87. The molecule has 0 amide bonds. The van der Waals surface area contributed by atoms with Crippen LogP contribution in [0.5, 0.6) is 0 Å². The Hall–Kier alpha value is -2.68. The molecule has 0 aliphatic heterocycles. The van der Waals surface area contributed by atoms with Crippen molar-refractivity contribution in [2.45, 2.75) is 40.7 Å². The number of ketones is 1. The zero-order valence-electron chi connectivity index (χ0n) is 15.4. The molecule has 0 aliphatic carbocycles. The van der Waals surface area contributed by atoms with E-state index in [9.17, 15) is 9.59 Å². The molecule has 25 heavy (non-hydrogen) atoms. The number of benzene rings is 1. The monoisotopic (exact) mass is 335 g/mol. The van der Waals surface area contributed by atoms with Crippen LogP contribution in [0.1, 0.15) is 54.4 Å². The standard InChI is InChI=1S/C22H25NO2/c1-6-10-23-14-20(18(5)24)22(25)13-21(23)17(4)12-16(3)19-9-7-8-15(2)11-19/h7-9,11-14H,3,6,10H2,1-2,4-5H3/b17-12+. The summed E-state index contributed by atoms with van der Waals surface area (Å²) in [5.74, 6) is -0.202. The Morgan fingerprint density at radius 3 is 2.56 bits per heavy atom. The molecule has 0 N–H and O–H groups in total. The van der Waals surface area contributed by atoms with Crippen LogP contribution in [0.4, 0.5) is 0 Å². The van der Waals surface area contributed by atoms with Crippen molar-refractivity contribution in [3.05, 3.63) is 81.8 Å². The van der Waals surface area contributed by atoms with Gasteiger partial charge in [-0.2, -0.15) is 0 Å². The van der Waals surface area contributed by atoms with E-state index < -0.39 is 0 Å². The molecular formula is C22H25NO2. The molecule has 0 unspecified atom stereocenters. The Labute approximate surface area is 149 Å². The Morgan fingerprint density at radius 2 is 1.96 bits per heavy atom. The number of carbonyl (C=O) groups excluding carboxylic acids is 1. The second kappa shape index (κ2) is 7.93. The van der Waals surface area contributed by atoms with Crippen molar-refractivity contribution >= 4 is 16.9 Å². The topological polar surface area (TPSA) is 39.1 Å². The summed E-state index contributed by atoms with van der Waals surface area (Å²) in [4.78, 5) is 23.9. The van der Waals surface area contributed by atoms with E-state index in [1.165, 1.54) is 12.5 Å². The fraction of sp³-hybridized carbons (Fsp3) is 0.273. The molecule has 3 nitrogen and oxygen atoms in total. The van der Waals surface area contributed by atoms with Crippen LogP contribution in [0.15, 0.2) is 54.0 Å². The number of nitrogens with zero attached hydrogens (tertiary/aromatic N) is 1. The van der Waals surface area contributed by atoms with Crippen LogP contribution in [-0.2, 0) is 6.54 Å². The predicted octanol–water partition coefficient (Wildman–Crippen LogP) is 4.89. The van der Waals surface area contributed by atoms with Crippen molar-refractivity contribution in [1.29, 1.82) is 0 Å². The number of Topliss-reactive ketones (excluding diaryl/α,β-unsaturated/α-hetero) is 1. The lowest BCUT2D eigenvalue weighted by Crippen LogP contribution is -2.18. The summed E-state index contributed by atoms with van der Waals surface area (Å²) in [6.07, 6.45) is 4.58. The SMILES string of the molecule is C=C(/C=C(\C)c1cc(=O)c(C(C)=O)cn1CCC)c1cccc(C)c1. The summed E-state index contributed by atoms with van der Waals surface area (Å²) in [6.45, 7) is 12.4. The van der Waals surface area contributed by atoms with Gasteiger partial charge < -0.3 is 4.57 Å². The van der Waals surface area contributed by atoms with Crippen LogP contribution < -0.4 is 5.43 Å². The molecule has 2 rings (SSSR count). The minimum Gasteiger partial charge on any atom is -0.347 e. The molecule has 0 spiro atoms. The van der Waals surface area contributed by atoms with Crippen molar-refractivity contribution in [2.75, 3.05) is 0 Å². The van der Waals surface area contributed by atoms with Crippen molar-refractivity contribution in [1.82, 2.24) is 4.57 Å². The lowest BCUT2D eigenvalue weighted by Gasteiger charge is -2.15. The van der Waals surface area contributed by atoms with Crippen molar-refractivity contribution in [2.24, 2.45) is 0 Å². The molecule has 0 atom stereocenters. The maximum atomic E-state index is 12.3. The van der Waals surface area contributed by atoms with Crippen LogP contribution in [-0.4, -0.2) is 10.4 Å². The summed E-state index contributed by atoms with van der Waals surface area (Å²) in [5.41, 5.74) is 4.92. The molecule has 0 fully saturated rings. The number of pyridine rings is 1. The average Bonchev–Trinajstić information content (AvgIpc) is 2.55. The highest BCUT2D eigenvalue weighted by Crippen LogP contribution is 2.21. The summed E-state index contributed by atoms with van der Waals surface area (Å²) < 4.78 is 1.98. The zero-order chi connectivity index (χ0) is 18.6. The molecule has 0 saturated heterocycles. The first-order valence-electron chi connectivity index (χ1n) is 8.53.